The molecule has 0 N–H and O–H groups in total. The fourth-order valence-electron chi connectivity index (χ4n) is 1.58. The van der Waals surface area contributed by atoms with E-state index in [-0.39, 0.29) is 11.8 Å². The van der Waals surface area contributed by atoms with E-state index in [0.29, 0.717) is 19.1 Å². The second kappa shape index (κ2) is 5.45. The summed E-state index contributed by atoms with van der Waals surface area (Å²) in [5.41, 5.74) is -0.494. The summed E-state index contributed by atoms with van der Waals surface area (Å²) in [7, 11) is 0. The average Bonchev–Trinajstić information content (AvgIpc) is 2.48. The topological polar surface area (TPSA) is 46.6 Å². The minimum Gasteiger partial charge on any atom is -0.374 e. The summed E-state index contributed by atoms with van der Waals surface area (Å²) in [5, 5.41) is 0. The summed E-state index contributed by atoms with van der Waals surface area (Å²) >= 11 is 0. The minimum absolute atomic E-state index is 0.254. The van der Waals surface area contributed by atoms with Gasteiger partial charge >= 0.3 is 0 Å². The molecule has 1 rings (SSSR count). The van der Waals surface area contributed by atoms with Gasteiger partial charge in [0.05, 0.1) is 12.1 Å². The number of carbonyl (C=O) groups excluding carboxylic acids is 2. The molecule has 4 nitrogen and oxygen atoms in total. The van der Waals surface area contributed by atoms with Crippen molar-refractivity contribution in [3.8, 4) is 0 Å². The SMILES string of the molecule is CC(C)CCOC(C)(C)CN1C(=O)C=CC1=O. The molecule has 17 heavy (non-hydrogen) atoms. The summed E-state index contributed by atoms with van der Waals surface area (Å²) in [6.07, 6.45) is 3.57. The molecule has 1 heterocycles. The van der Waals surface area contributed by atoms with Crippen molar-refractivity contribution in [1.29, 1.82) is 0 Å². The molecule has 0 fully saturated rings. The second-order valence-corrected chi connectivity index (χ2v) is 5.39. The average molecular weight is 239 g/mol. The first-order chi connectivity index (χ1) is 7.82. The van der Waals surface area contributed by atoms with E-state index in [1.54, 1.807) is 0 Å². The standard InChI is InChI=1S/C13H21NO3/c1-10(2)7-8-17-13(3,4)9-14-11(15)5-6-12(14)16/h5-6,10H,7-9H2,1-4H3. The van der Waals surface area contributed by atoms with Crippen LogP contribution in [0.4, 0.5) is 0 Å². The molecule has 1 aliphatic rings. The van der Waals surface area contributed by atoms with Gasteiger partial charge in [0.15, 0.2) is 0 Å². The van der Waals surface area contributed by atoms with Crippen molar-refractivity contribution in [2.24, 2.45) is 5.92 Å². The highest BCUT2D eigenvalue weighted by molar-refractivity contribution is 6.12. The van der Waals surface area contributed by atoms with E-state index >= 15 is 0 Å². The molecule has 0 spiro atoms. The van der Waals surface area contributed by atoms with E-state index in [1.165, 1.54) is 17.1 Å². The van der Waals surface area contributed by atoms with Gasteiger partial charge in [-0.25, -0.2) is 0 Å². The van der Waals surface area contributed by atoms with Crippen LogP contribution in [0.2, 0.25) is 0 Å². The Balaban J connectivity index is 2.43. The Labute approximate surface area is 103 Å². The Bertz CT molecular complexity index is 314. The second-order valence-electron chi connectivity index (χ2n) is 5.39. The molecule has 0 aromatic heterocycles. The molecule has 0 unspecified atom stereocenters. The predicted molar refractivity (Wildman–Crippen MR) is 65.3 cm³/mol. The van der Waals surface area contributed by atoms with Crippen molar-refractivity contribution in [1.82, 2.24) is 4.90 Å². The van der Waals surface area contributed by atoms with Crippen LogP contribution >= 0.6 is 0 Å². The number of imide groups is 1. The van der Waals surface area contributed by atoms with Crippen LogP contribution in [-0.2, 0) is 14.3 Å². The van der Waals surface area contributed by atoms with Gasteiger partial charge in [0.25, 0.3) is 11.8 Å². The van der Waals surface area contributed by atoms with Gasteiger partial charge in [0, 0.05) is 18.8 Å². The Kier molecular flexibility index (Phi) is 4.46. The van der Waals surface area contributed by atoms with Crippen LogP contribution in [-0.4, -0.2) is 35.5 Å². The fourth-order valence-corrected chi connectivity index (χ4v) is 1.58. The summed E-state index contributed by atoms with van der Waals surface area (Å²) < 4.78 is 5.72. The third-order valence-corrected chi connectivity index (χ3v) is 2.63. The first kappa shape index (κ1) is 13.9. The van der Waals surface area contributed by atoms with E-state index in [9.17, 15) is 9.59 Å². The van der Waals surface area contributed by atoms with Gasteiger partial charge in [-0.3, -0.25) is 14.5 Å². The van der Waals surface area contributed by atoms with Gasteiger partial charge in [0.1, 0.15) is 0 Å². The van der Waals surface area contributed by atoms with Crippen LogP contribution in [0.3, 0.4) is 0 Å². The number of hydrogen-bond acceptors (Lipinski definition) is 3. The molecule has 0 bridgehead atoms. The van der Waals surface area contributed by atoms with Gasteiger partial charge in [-0.2, -0.15) is 0 Å². The molecule has 0 aromatic rings. The van der Waals surface area contributed by atoms with Crippen molar-refractivity contribution in [3.63, 3.8) is 0 Å². The van der Waals surface area contributed by atoms with E-state index in [1.807, 2.05) is 13.8 Å². The van der Waals surface area contributed by atoms with Crippen LogP contribution in [0.15, 0.2) is 12.2 Å². The lowest BCUT2D eigenvalue weighted by Crippen LogP contribution is -2.43. The molecular weight excluding hydrogens is 218 g/mol. The number of nitrogens with zero attached hydrogens (tertiary/aromatic N) is 1. The van der Waals surface area contributed by atoms with E-state index in [4.69, 9.17) is 4.74 Å². The molecule has 0 saturated heterocycles. The third-order valence-electron chi connectivity index (χ3n) is 2.63. The van der Waals surface area contributed by atoms with Crippen LogP contribution in [0, 0.1) is 5.92 Å². The number of rotatable bonds is 6. The van der Waals surface area contributed by atoms with Crippen molar-refractivity contribution in [2.45, 2.75) is 39.7 Å². The minimum atomic E-state index is -0.494. The quantitative estimate of drug-likeness (QED) is 0.663. The third kappa shape index (κ3) is 4.30. The molecule has 0 saturated carbocycles. The van der Waals surface area contributed by atoms with Crippen LogP contribution in [0.1, 0.15) is 34.1 Å². The van der Waals surface area contributed by atoms with E-state index in [2.05, 4.69) is 13.8 Å². The van der Waals surface area contributed by atoms with Gasteiger partial charge in [-0.15, -0.1) is 0 Å². The molecule has 2 amide bonds. The van der Waals surface area contributed by atoms with Crippen LogP contribution in [0.25, 0.3) is 0 Å². The zero-order valence-electron chi connectivity index (χ0n) is 11.0. The zero-order valence-corrected chi connectivity index (χ0v) is 11.0. The number of ether oxygens (including phenoxy) is 1. The highest BCUT2D eigenvalue weighted by atomic mass is 16.5. The molecular formula is C13H21NO3. The largest absolute Gasteiger partial charge is 0.374 e. The summed E-state index contributed by atoms with van der Waals surface area (Å²) in [4.78, 5) is 24.0. The van der Waals surface area contributed by atoms with Crippen molar-refractivity contribution < 1.29 is 14.3 Å². The first-order valence-electron chi connectivity index (χ1n) is 5.99. The zero-order chi connectivity index (χ0) is 13.1. The lowest BCUT2D eigenvalue weighted by Gasteiger charge is -2.29. The molecule has 4 heteroatoms. The van der Waals surface area contributed by atoms with Crippen molar-refractivity contribution in [3.05, 3.63) is 12.2 Å². The normalized spacial score (nSPS) is 16.4. The lowest BCUT2D eigenvalue weighted by molar-refractivity contribution is -0.142. The molecule has 0 aliphatic carbocycles. The maximum Gasteiger partial charge on any atom is 0.253 e. The van der Waals surface area contributed by atoms with E-state index in [0.717, 1.165) is 6.42 Å². The summed E-state index contributed by atoms with van der Waals surface area (Å²) in [5.74, 6) is 0.0774. The van der Waals surface area contributed by atoms with Crippen LogP contribution in [0.5, 0.6) is 0 Å². The Hall–Kier alpha value is -1.16. The van der Waals surface area contributed by atoms with Gasteiger partial charge < -0.3 is 4.74 Å². The smallest absolute Gasteiger partial charge is 0.253 e. The Morgan fingerprint density at radius 2 is 1.76 bits per heavy atom. The Morgan fingerprint density at radius 1 is 1.24 bits per heavy atom. The molecule has 0 atom stereocenters. The predicted octanol–water partition coefficient (Wildman–Crippen LogP) is 1.75. The monoisotopic (exact) mass is 239 g/mol. The fraction of sp³-hybridized carbons (Fsp3) is 0.692. The van der Waals surface area contributed by atoms with Crippen molar-refractivity contribution >= 4 is 11.8 Å². The highest BCUT2D eigenvalue weighted by Gasteiger charge is 2.30. The summed E-state index contributed by atoms with van der Waals surface area (Å²) in [6, 6.07) is 0. The summed E-state index contributed by atoms with van der Waals surface area (Å²) in [6.45, 7) is 9.00. The maximum atomic E-state index is 11.4. The molecule has 96 valence electrons. The number of amides is 2. The number of carbonyl (C=O) groups is 2. The van der Waals surface area contributed by atoms with E-state index < -0.39 is 5.60 Å². The van der Waals surface area contributed by atoms with Crippen LogP contribution < -0.4 is 0 Å². The lowest BCUT2D eigenvalue weighted by atomic mass is 10.1. The highest BCUT2D eigenvalue weighted by Crippen LogP contribution is 2.16. The van der Waals surface area contributed by atoms with Crippen molar-refractivity contribution in [2.75, 3.05) is 13.2 Å². The molecule has 0 aromatic carbocycles. The first-order valence-corrected chi connectivity index (χ1v) is 5.99. The molecule has 0 radical (unpaired) electrons. The Morgan fingerprint density at radius 3 is 2.24 bits per heavy atom. The van der Waals surface area contributed by atoms with Gasteiger partial charge in [0.2, 0.25) is 0 Å². The number of hydrogen-bond donors (Lipinski definition) is 0. The molecule has 1 aliphatic heterocycles. The van der Waals surface area contributed by atoms with Gasteiger partial charge in [-0.05, 0) is 26.2 Å². The van der Waals surface area contributed by atoms with Gasteiger partial charge in [-0.1, -0.05) is 13.8 Å². The maximum absolute atomic E-state index is 11.4.